The normalized spacial score (nSPS) is 25.1. The number of rotatable bonds is 18. The lowest BCUT2D eigenvalue weighted by Gasteiger charge is -2.52. The van der Waals surface area contributed by atoms with Gasteiger partial charge in [0.05, 0.1) is 0 Å². The van der Waals surface area contributed by atoms with Gasteiger partial charge in [-0.2, -0.15) is 0 Å². The maximum absolute atomic E-state index is 12.9. The van der Waals surface area contributed by atoms with Crippen molar-refractivity contribution in [3.63, 3.8) is 0 Å². The van der Waals surface area contributed by atoms with Gasteiger partial charge in [-0.3, -0.25) is 9.59 Å². The second kappa shape index (κ2) is 23.3. The topological polar surface area (TPSA) is 43.4 Å². The van der Waals surface area contributed by atoms with E-state index in [0.717, 1.165) is 61.7 Å². The first-order valence-corrected chi connectivity index (χ1v) is 18.9. The first-order chi connectivity index (χ1) is 20.5. The van der Waals surface area contributed by atoms with E-state index in [4.69, 9.17) is 4.74 Å². The summed E-state index contributed by atoms with van der Waals surface area (Å²) in [7, 11) is 0. The van der Waals surface area contributed by atoms with Gasteiger partial charge in [-0.05, 0) is 74.0 Å². The molecule has 0 saturated heterocycles. The van der Waals surface area contributed by atoms with Crippen LogP contribution in [0, 0.1) is 40.9 Å². The molecule has 0 aromatic heterocycles. The summed E-state index contributed by atoms with van der Waals surface area (Å²) >= 11 is 0. The van der Waals surface area contributed by atoms with Crippen LogP contribution in [0.15, 0.2) is 11.6 Å². The summed E-state index contributed by atoms with van der Waals surface area (Å²) in [5, 5.41) is 0. The van der Waals surface area contributed by atoms with Crippen molar-refractivity contribution in [2.75, 3.05) is 0 Å². The summed E-state index contributed by atoms with van der Waals surface area (Å²) in [6.45, 7) is 26.1. The summed E-state index contributed by atoms with van der Waals surface area (Å²) in [5.74, 6) is 2.97. The van der Waals surface area contributed by atoms with E-state index >= 15 is 0 Å². The number of carbonyl (C=O) groups is 2. The van der Waals surface area contributed by atoms with Gasteiger partial charge in [-0.15, -0.1) is 0 Å². The van der Waals surface area contributed by atoms with Gasteiger partial charge in [0.15, 0.2) is 0 Å². The molecule has 1 fully saturated rings. The van der Waals surface area contributed by atoms with Crippen LogP contribution in [-0.2, 0) is 14.3 Å². The maximum atomic E-state index is 12.9. The molecule has 0 heterocycles. The Kier molecular flexibility index (Phi) is 22.6. The smallest absolute Gasteiger partial charge is 0.316 e. The van der Waals surface area contributed by atoms with Gasteiger partial charge in [-0.1, -0.05) is 152 Å². The minimum absolute atomic E-state index is 0.0482. The molecule has 2 aliphatic rings. The second-order valence-corrected chi connectivity index (χ2v) is 14.2. The van der Waals surface area contributed by atoms with Gasteiger partial charge in [0, 0.05) is 6.42 Å². The van der Waals surface area contributed by atoms with Crippen LogP contribution < -0.4 is 0 Å². The molecule has 0 aromatic rings. The number of ether oxygens (including phenoxy) is 1. The molecule has 0 spiro atoms. The van der Waals surface area contributed by atoms with Crippen molar-refractivity contribution in [1.29, 1.82) is 0 Å². The molecule has 0 N–H and O–H groups in total. The second-order valence-electron chi connectivity index (χ2n) is 14.2. The van der Waals surface area contributed by atoms with Gasteiger partial charge in [-0.25, -0.2) is 0 Å². The summed E-state index contributed by atoms with van der Waals surface area (Å²) in [5.41, 5.74) is 1.75. The van der Waals surface area contributed by atoms with Crippen molar-refractivity contribution < 1.29 is 14.3 Å². The summed E-state index contributed by atoms with van der Waals surface area (Å²) in [6.07, 6.45) is 21.1. The molecule has 2 aliphatic carbocycles. The number of Topliss-reactive ketones (excluding diaryl/α,β-unsaturated/α-hetero) is 1. The number of ketones is 1. The number of carbonyl (C=O) groups excluding carboxylic acids is 2. The standard InChI is InChI=1S/C36H64O3.2C2H6/c1-9-11-19-33(29(7)37)35(38)39-31-23-24-36(8)30(25-31)21-22-32(28(6)15-10-2)34(36)20-14-18-27(5)17-13-12-16-26(3)4;2*1-2/h21,26-28,31-34H,9-20,22-25H2,1-8H3;2*1-2H3/t27?,28?,31?,32?,33?,34?,36-;;/m0../s1. The third kappa shape index (κ3) is 14.2. The van der Waals surface area contributed by atoms with Gasteiger partial charge in [0.2, 0.25) is 0 Å². The predicted octanol–water partition coefficient (Wildman–Crippen LogP) is 12.6. The minimum atomic E-state index is -0.585. The Morgan fingerprint density at radius 3 is 2.09 bits per heavy atom. The molecule has 0 aliphatic heterocycles. The van der Waals surface area contributed by atoms with E-state index < -0.39 is 5.92 Å². The van der Waals surface area contributed by atoms with Crippen LogP contribution in [0.2, 0.25) is 0 Å². The average Bonchev–Trinajstić information content (AvgIpc) is 2.98. The molecule has 6 unspecified atom stereocenters. The van der Waals surface area contributed by atoms with Crippen molar-refractivity contribution in [3.8, 4) is 0 Å². The molecule has 0 amide bonds. The summed E-state index contributed by atoms with van der Waals surface area (Å²) in [4.78, 5) is 25.1. The fourth-order valence-electron chi connectivity index (χ4n) is 7.81. The van der Waals surface area contributed by atoms with Crippen molar-refractivity contribution in [2.45, 2.75) is 192 Å². The van der Waals surface area contributed by atoms with E-state index in [9.17, 15) is 9.59 Å². The Labute approximate surface area is 270 Å². The summed E-state index contributed by atoms with van der Waals surface area (Å²) in [6, 6.07) is 0. The van der Waals surface area contributed by atoms with Crippen LogP contribution in [-0.4, -0.2) is 17.9 Å². The van der Waals surface area contributed by atoms with E-state index in [-0.39, 0.29) is 23.3 Å². The van der Waals surface area contributed by atoms with Gasteiger partial charge in [0.1, 0.15) is 17.8 Å². The highest BCUT2D eigenvalue weighted by atomic mass is 16.5. The van der Waals surface area contributed by atoms with Gasteiger partial charge < -0.3 is 4.74 Å². The molecule has 7 atom stereocenters. The van der Waals surface area contributed by atoms with E-state index in [1.54, 1.807) is 0 Å². The predicted molar refractivity (Wildman–Crippen MR) is 188 cm³/mol. The Morgan fingerprint density at radius 2 is 1.51 bits per heavy atom. The monoisotopic (exact) mass is 605 g/mol. The number of unbranched alkanes of at least 4 members (excludes halogenated alkanes) is 2. The lowest BCUT2D eigenvalue weighted by atomic mass is 9.53. The zero-order valence-electron chi connectivity index (χ0n) is 31.2. The number of fused-ring (bicyclic) bond motifs is 1. The first-order valence-electron chi connectivity index (χ1n) is 18.9. The molecule has 0 aromatic carbocycles. The summed E-state index contributed by atoms with van der Waals surface area (Å²) < 4.78 is 6.03. The molecule has 0 bridgehead atoms. The lowest BCUT2D eigenvalue weighted by Crippen LogP contribution is -2.45. The van der Waals surface area contributed by atoms with Crippen molar-refractivity contribution in [3.05, 3.63) is 11.6 Å². The molecular formula is C40H76O3. The zero-order valence-corrected chi connectivity index (χ0v) is 31.2. The van der Waals surface area contributed by atoms with E-state index in [2.05, 4.69) is 54.5 Å². The van der Waals surface area contributed by atoms with E-state index in [1.807, 2.05) is 27.7 Å². The quantitative estimate of drug-likeness (QED) is 0.0676. The molecule has 2 rings (SSSR count). The lowest BCUT2D eigenvalue weighted by molar-refractivity contribution is -0.158. The van der Waals surface area contributed by atoms with Gasteiger partial charge >= 0.3 is 5.97 Å². The number of allylic oxidation sites excluding steroid dienone is 1. The van der Waals surface area contributed by atoms with Crippen molar-refractivity contribution in [2.24, 2.45) is 40.9 Å². The SMILES string of the molecule is CC.CC.CCCCC(C(C)=O)C(=O)OC1CC[C@@]2(C)C(=CCC(C(C)CCC)C2CCCC(C)CCCCC(C)C)C1. The molecule has 43 heavy (non-hydrogen) atoms. The molecule has 3 nitrogen and oxygen atoms in total. The highest BCUT2D eigenvalue weighted by molar-refractivity contribution is 5.97. The van der Waals surface area contributed by atoms with E-state index in [0.29, 0.717) is 6.42 Å². The van der Waals surface area contributed by atoms with Crippen molar-refractivity contribution in [1.82, 2.24) is 0 Å². The average molecular weight is 605 g/mol. The van der Waals surface area contributed by atoms with E-state index in [1.165, 1.54) is 76.7 Å². The van der Waals surface area contributed by atoms with Crippen LogP contribution in [0.25, 0.3) is 0 Å². The van der Waals surface area contributed by atoms with Gasteiger partial charge in [0.25, 0.3) is 0 Å². The van der Waals surface area contributed by atoms with Crippen LogP contribution in [0.4, 0.5) is 0 Å². The Balaban J connectivity index is 0.00000422. The Hall–Kier alpha value is -1.12. The van der Waals surface area contributed by atoms with Crippen molar-refractivity contribution >= 4 is 11.8 Å². The number of hydrogen-bond acceptors (Lipinski definition) is 3. The van der Waals surface area contributed by atoms with Crippen LogP contribution in [0.5, 0.6) is 0 Å². The third-order valence-corrected chi connectivity index (χ3v) is 10.5. The fraction of sp³-hybridized carbons (Fsp3) is 0.900. The van der Waals surface area contributed by atoms with Crippen LogP contribution >= 0.6 is 0 Å². The number of hydrogen-bond donors (Lipinski definition) is 0. The maximum Gasteiger partial charge on any atom is 0.316 e. The molecular weight excluding hydrogens is 528 g/mol. The first kappa shape index (κ1) is 41.9. The molecule has 254 valence electrons. The Bertz CT molecular complexity index is 768. The van der Waals surface area contributed by atoms with Crippen LogP contribution in [0.1, 0.15) is 186 Å². The molecule has 3 heteroatoms. The third-order valence-electron chi connectivity index (χ3n) is 10.5. The minimum Gasteiger partial charge on any atom is -0.461 e. The molecule has 0 radical (unpaired) electrons. The van der Waals surface area contributed by atoms with Crippen LogP contribution in [0.3, 0.4) is 0 Å². The molecule has 1 saturated carbocycles. The highest BCUT2D eigenvalue weighted by Gasteiger charge is 2.48. The largest absolute Gasteiger partial charge is 0.461 e. The fourth-order valence-corrected chi connectivity index (χ4v) is 7.81. The highest BCUT2D eigenvalue weighted by Crippen LogP contribution is 2.56. The zero-order chi connectivity index (χ0) is 33.0. The Morgan fingerprint density at radius 1 is 0.884 bits per heavy atom. The number of esters is 1.